The summed E-state index contributed by atoms with van der Waals surface area (Å²) in [5.41, 5.74) is 1.98. The van der Waals surface area contributed by atoms with Gasteiger partial charge < -0.3 is 24.4 Å². The standard InChI is InChI=1S/C25H30N6O2/c1-4-24-30-28-17-31(24)14-13-26-25(27-16-19-9-11-21(32-3)12-10-19)29-18(2)23-15-20-7-5-6-8-22(20)33-23/h5-12,15,17-18H,4,13-14,16H2,1-3H3,(H2,26,27,29). The summed E-state index contributed by atoms with van der Waals surface area (Å²) in [4.78, 5) is 4.80. The molecule has 2 aromatic heterocycles. The number of methoxy groups -OCH3 is 1. The van der Waals surface area contributed by atoms with Gasteiger partial charge in [-0.2, -0.15) is 0 Å². The summed E-state index contributed by atoms with van der Waals surface area (Å²) in [5, 5.41) is 16.2. The molecule has 0 radical (unpaired) electrons. The van der Waals surface area contributed by atoms with Gasteiger partial charge in [0, 0.05) is 24.9 Å². The predicted octanol–water partition coefficient (Wildman–Crippen LogP) is 4.09. The minimum Gasteiger partial charge on any atom is -0.497 e. The third-order valence-corrected chi connectivity index (χ3v) is 5.46. The van der Waals surface area contributed by atoms with Gasteiger partial charge in [-0.15, -0.1) is 10.2 Å². The lowest BCUT2D eigenvalue weighted by molar-refractivity contribution is 0.414. The predicted molar refractivity (Wildman–Crippen MR) is 129 cm³/mol. The number of para-hydroxylation sites is 1. The van der Waals surface area contributed by atoms with Crippen LogP contribution in [0, 0.1) is 0 Å². The van der Waals surface area contributed by atoms with Gasteiger partial charge in [0.1, 0.15) is 29.2 Å². The Balaban J connectivity index is 1.46. The van der Waals surface area contributed by atoms with Gasteiger partial charge in [0.25, 0.3) is 0 Å². The molecular weight excluding hydrogens is 416 g/mol. The van der Waals surface area contributed by atoms with E-state index in [0.29, 0.717) is 19.0 Å². The summed E-state index contributed by atoms with van der Waals surface area (Å²) in [7, 11) is 1.66. The number of hydrogen-bond acceptors (Lipinski definition) is 5. The van der Waals surface area contributed by atoms with Crippen molar-refractivity contribution in [2.24, 2.45) is 4.99 Å². The maximum Gasteiger partial charge on any atom is 0.192 e. The van der Waals surface area contributed by atoms with Crippen LogP contribution in [-0.4, -0.2) is 34.4 Å². The number of hydrogen-bond donors (Lipinski definition) is 2. The van der Waals surface area contributed by atoms with E-state index in [-0.39, 0.29) is 6.04 Å². The number of aliphatic imine (C=N–C) groups is 1. The van der Waals surface area contributed by atoms with Crippen molar-refractivity contribution < 1.29 is 9.15 Å². The Kier molecular flexibility index (Phi) is 7.24. The Hall–Kier alpha value is -3.81. The zero-order valence-corrected chi connectivity index (χ0v) is 19.3. The molecule has 4 rings (SSSR count). The number of rotatable bonds is 9. The van der Waals surface area contributed by atoms with Gasteiger partial charge >= 0.3 is 0 Å². The van der Waals surface area contributed by atoms with Gasteiger partial charge in [-0.25, -0.2) is 4.99 Å². The van der Waals surface area contributed by atoms with Gasteiger partial charge in [0.2, 0.25) is 0 Å². The molecule has 172 valence electrons. The molecule has 2 N–H and O–H groups in total. The topological polar surface area (TPSA) is 89.5 Å². The SMILES string of the molecule is CCc1nncn1CCNC(=NCc1ccc(OC)cc1)NC(C)c1cc2ccccc2o1. The average Bonchev–Trinajstić information content (AvgIpc) is 3.49. The van der Waals surface area contributed by atoms with Crippen LogP contribution in [0.3, 0.4) is 0 Å². The smallest absolute Gasteiger partial charge is 0.192 e. The summed E-state index contributed by atoms with van der Waals surface area (Å²) in [6.45, 7) is 6.12. The van der Waals surface area contributed by atoms with Crippen LogP contribution in [0.5, 0.6) is 5.75 Å². The van der Waals surface area contributed by atoms with Crippen LogP contribution in [0.1, 0.15) is 37.0 Å². The number of furan rings is 1. The monoisotopic (exact) mass is 446 g/mol. The van der Waals surface area contributed by atoms with Gasteiger partial charge in [0.05, 0.1) is 19.7 Å². The molecule has 8 nitrogen and oxygen atoms in total. The van der Waals surface area contributed by atoms with Crippen LogP contribution in [0.2, 0.25) is 0 Å². The molecule has 0 saturated carbocycles. The van der Waals surface area contributed by atoms with E-state index in [9.17, 15) is 0 Å². The molecule has 33 heavy (non-hydrogen) atoms. The Bertz CT molecular complexity index is 1160. The number of aryl methyl sites for hydroxylation is 1. The number of nitrogens with zero attached hydrogens (tertiary/aromatic N) is 4. The van der Waals surface area contributed by atoms with E-state index in [1.165, 1.54) is 0 Å². The first-order valence-electron chi connectivity index (χ1n) is 11.2. The van der Waals surface area contributed by atoms with E-state index in [1.54, 1.807) is 13.4 Å². The summed E-state index contributed by atoms with van der Waals surface area (Å²) in [6.07, 6.45) is 2.61. The summed E-state index contributed by atoms with van der Waals surface area (Å²) in [5.74, 6) is 3.38. The molecule has 2 heterocycles. The summed E-state index contributed by atoms with van der Waals surface area (Å²) >= 11 is 0. The molecule has 4 aromatic rings. The minimum absolute atomic E-state index is 0.0550. The van der Waals surface area contributed by atoms with Crippen molar-refractivity contribution in [1.82, 2.24) is 25.4 Å². The molecule has 1 unspecified atom stereocenters. The largest absolute Gasteiger partial charge is 0.497 e. The van der Waals surface area contributed by atoms with Crippen LogP contribution >= 0.6 is 0 Å². The highest BCUT2D eigenvalue weighted by molar-refractivity contribution is 5.81. The van der Waals surface area contributed by atoms with E-state index < -0.39 is 0 Å². The fraction of sp³-hybridized carbons (Fsp3) is 0.320. The van der Waals surface area contributed by atoms with Gasteiger partial charge in [0.15, 0.2) is 5.96 Å². The van der Waals surface area contributed by atoms with E-state index in [0.717, 1.165) is 46.8 Å². The molecule has 0 aliphatic rings. The molecule has 0 spiro atoms. The number of guanidine groups is 1. The highest BCUT2D eigenvalue weighted by atomic mass is 16.5. The molecule has 0 fully saturated rings. The van der Waals surface area contributed by atoms with Crippen LogP contribution in [-0.2, 0) is 19.5 Å². The molecule has 0 amide bonds. The fourth-order valence-electron chi connectivity index (χ4n) is 3.58. The van der Waals surface area contributed by atoms with Crippen LogP contribution in [0.15, 0.2) is 70.3 Å². The Labute approximate surface area is 193 Å². The number of aromatic nitrogens is 3. The van der Waals surface area contributed by atoms with Crippen molar-refractivity contribution in [3.63, 3.8) is 0 Å². The minimum atomic E-state index is -0.0550. The number of fused-ring (bicyclic) bond motifs is 1. The second kappa shape index (κ2) is 10.7. The highest BCUT2D eigenvalue weighted by Gasteiger charge is 2.13. The Morgan fingerprint density at radius 2 is 2.00 bits per heavy atom. The van der Waals surface area contributed by atoms with Crippen LogP contribution < -0.4 is 15.4 Å². The number of ether oxygens (including phenoxy) is 1. The Morgan fingerprint density at radius 1 is 1.18 bits per heavy atom. The van der Waals surface area contributed by atoms with Crippen molar-refractivity contribution in [3.8, 4) is 5.75 Å². The van der Waals surface area contributed by atoms with E-state index in [4.69, 9.17) is 14.1 Å². The highest BCUT2D eigenvalue weighted by Crippen LogP contribution is 2.23. The lowest BCUT2D eigenvalue weighted by atomic mass is 10.2. The molecule has 0 bridgehead atoms. The third-order valence-electron chi connectivity index (χ3n) is 5.46. The van der Waals surface area contributed by atoms with Crippen molar-refractivity contribution in [1.29, 1.82) is 0 Å². The molecule has 0 aliphatic heterocycles. The molecule has 0 aliphatic carbocycles. The maximum absolute atomic E-state index is 6.03. The van der Waals surface area contributed by atoms with Gasteiger partial charge in [-0.1, -0.05) is 37.3 Å². The molecule has 8 heteroatoms. The molecule has 2 aromatic carbocycles. The quantitative estimate of drug-likeness (QED) is 0.297. The first-order chi connectivity index (χ1) is 16.2. The van der Waals surface area contributed by atoms with E-state index >= 15 is 0 Å². The summed E-state index contributed by atoms with van der Waals surface area (Å²) in [6, 6.07) is 18.0. The lowest BCUT2D eigenvalue weighted by Gasteiger charge is -2.17. The van der Waals surface area contributed by atoms with Gasteiger partial charge in [-0.05, 0) is 36.8 Å². The third kappa shape index (κ3) is 5.71. The first-order valence-corrected chi connectivity index (χ1v) is 11.2. The van der Waals surface area contributed by atoms with Crippen molar-refractivity contribution in [2.45, 2.75) is 39.4 Å². The fourth-order valence-corrected chi connectivity index (χ4v) is 3.58. The summed E-state index contributed by atoms with van der Waals surface area (Å²) < 4.78 is 13.3. The van der Waals surface area contributed by atoms with Crippen LogP contribution in [0.4, 0.5) is 0 Å². The normalized spacial score (nSPS) is 12.6. The van der Waals surface area contributed by atoms with E-state index in [1.807, 2.05) is 42.5 Å². The maximum atomic E-state index is 6.03. The Morgan fingerprint density at radius 3 is 2.76 bits per heavy atom. The van der Waals surface area contributed by atoms with Gasteiger partial charge in [-0.3, -0.25) is 0 Å². The molecule has 0 saturated heterocycles. The van der Waals surface area contributed by atoms with Crippen molar-refractivity contribution >= 4 is 16.9 Å². The second-order valence-corrected chi connectivity index (χ2v) is 7.79. The molecule has 1 atom stereocenters. The van der Waals surface area contributed by atoms with E-state index in [2.05, 4.69) is 51.4 Å². The number of benzene rings is 2. The zero-order chi connectivity index (χ0) is 23.0. The lowest BCUT2D eigenvalue weighted by Crippen LogP contribution is -2.40. The molecular formula is C25H30N6O2. The van der Waals surface area contributed by atoms with Crippen LogP contribution in [0.25, 0.3) is 11.0 Å². The average molecular weight is 447 g/mol. The zero-order valence-electron chi connectivity index (χ0n) is 19.3. The van der Waals surface area contributed by atoms with Crippen molar-refractivity contribution in [3.05, 3.63) is 78.1 Å². The number of nitrogens with one attached hydrogen (secondary N) is 2. The first kappa shape index (κ1) is 22.4. The van der Waals surface area contributed by atoms with Crippen molar-refractivity contribution in [2.75, 3.05) is 13.7 Å². The second-order valence-electron chi connectivity index (χ2n) is 7.79.